The monoisotopic (exact) mass is 383 g/mol. The Morgan fingerprint density at radius 2 is 1.92 bits per heavy atom. The highest BCUT2D eigenvalue weighted by atomic mass is 32.2. The highest BCUT2D eigenvalue weighted by Gasteiger charge is 2.19. The van der Waals surface area contributed by atoms with Gasteiger partial charge in [0.1, 0.15) is 0 Å². The second-order valence-corrected chi connectivity index (χ2v) is 8.43. The molecule has 4 nitrogen and oxygen atoms in total. The van der Waals surface area contributed by atoms with Crippen LogP contribution in [-0.2, 0) is 11.2 Å². The lowest BCUT2D eigenvalue weighted by atomic mass is 10.1. The Labute approximate surface area is 161 Å². The molecule has 1 atom stereocenters. The summed E-state index contributed by atoms with van der Waals surface area (Å²) >= 11 is 3.12. The van der Waals surface area contributed by atoms with Gasteiger partial charge in [0.05, 0.1) is 15.5 Å². The molecule has 1 N–H and O–H groups in total. The van der Waals surface area contributed by atoms with Crippen molar-refractivity contribution in [2.75, 3.05) is 0 Å². The molecule has 1 amide bonds. The fraction of sp³-hybridized carbons (Fsp3) is 0.250. The summed E-state index contributed by atoms with van der Waals surface area (Å²) < 4.78 is 2.06. The van der Waals surface area contributed by atoms with Gasteiger partial charge in [0.15, 0.2) is 4.34 Å². The average molecular weight is 384 g/mol. The summed E-state index contributed by atoms with van der Waals surface area (Å²) in [6.07, 6.45) is 1.45. The van der Waals surface area contributed by atoms with Gasteiger partial charge in [0.25, 0.3) is 5.91 Å². The molecule has 1 heterocycles. The zero-order valence-electron chi connectivity index (χ0n) is 14.8. The number of nitrogens with zero attached hydrogens (tertiary/aromatic N) is 2. The van der Waals surface area contributed by atoms with E-state index < -0.39 is 0 Å². The molecule has 6 heteroatoms. The Balaban J connectivity index is 1.60. The van der Waals surface area contributed by atoms with Crippen molar-refractivity contribution in [3.05, 3.63) is 60.2 Å². The Bertz CT molecular complexity index is 873. The molecule has 0 bridgehead atoms. The van der Waals surface area contributed by atoms with E-state index in [-0.39, 0.29) is 11.2 Å². The number of hydrogen-bond donors (Lipinski definition) is 1. The predicted octanol–water partition coefficient (Wildman–Crippen LogP) is 4.90. The lowest BCUT2D eigenvalue weighted by Crippen LogP contribution is -2.29. The number of hydrogen-bond acceptors (Lipinski definition) is 5. The quantitative estimate of drug-likeness (QED) is 0.359. The Morgan fingerprint density at radius 3 is 2.65 bits per heavy atom. The number of fused-ring (bicyclic) bond motifs is 1. The van der Waals surface area contributed by atoms with Crippen molar-refractivity contribution < 1.29 is 4.79 Å². The fourth-order valence-electron chi connectivity index (χ4n) is 2.50. The van der Waals surface area contributed by atoms with E-state index in [0.717, 1.165) is 33.1 Å². The summed E-state index contributed by atoms with van der Waals surface area (Å²) in [7, 11) is 0. The van der Waals surface area contributed by atoms with Crippen LogP contribution in [0.4, 0.5) is 0 Å². The van der Waals surface area contributed by atoms with Gasteiger partial charge >= 0.3 is 0 Å². The third kappa shape index (κ3) is 4.93. The number of amides is 1. The van der Waals surface area contributed by atoms with Crippen LogP contribution in [-0.4, -0.2) is 21.9 Å². The van der Waals surface area contributed by atoms with E-state index >= 15 is 0 Å². The second-order valence-electron chi connectivity index (χ2n) is 5.95. The highest BCUT2D eigenvalue weighted by Crippen LogP contribution is 2.33. The minimum absolute atomic E-state index is 0.0795. The molecule has 0 saturated heterocycles. The molecule has 1 aromatic heterocycles. The van der Waals surface area contributed by atoms with Crippen LogP contribution in [0.3, 0.4) is 0 Å². The van der Waals surface area contributed by atoms with Gasteiger partial charge in [-0.3, -0.25) is 4.79 Å². The Hall–Kier alpha value is -2.18. The molecule has 0 aliphatic heterocycles. The molecule has 3 aromatic rings. The van der Waals surface area contributed by atoms with E-state index in [1.54, 1.807) is 11.3 Å². The first-order valence-electron chi connectivity index (χ1n) is 8.55. The molecule has 3 rings (SSSR count). The summed E-state index contributed by atoms with van der Waals surface area (Å²) in [6.45, 7) is 3.93. The maximum absolute atomic E-state index is 12.5. The van der Waals surface area contributed by atoms with Gasteiger partial charge in [-0.1, -0.05) is 61.2 Å². The van der Waals surface area contributed by atoms with E-state index in [4.69, 9.17) is 0 Å². The number of nitrogens with one attached hydrogen (secondary N) is 1. The molecule has 0 fully saturated rings. The number of benzene rings is 2. The van der Waals surface area contributed by atoms with Gasteiger partial charge in [-0.05, 0) is 31.0 Å². The van der Waals surface area contributed by atoms with E-state index in [1.165, 1.54) is 17.3 Å². The predicted molar refractivity (Wildman–Crippen MR) is 111 cm³/mol. The van der Waals surface area contributed by atoms with Crippen LogP contribution < -0.4 is 5.43 Å². The van der Waals surface area contributed by atoms with Gasteiger partial charge in [0.2, 0.25) is 0 Å². The SMILES string of the molecule is CCC(Sc1nc2ccccc2s1)C(=O)N/N=C(/C)Cc1ccccc1. The molecule has 1 unspecified atom stereocenters. The summed E-state index contributed by atoms with van der Waals surface area (Å²) in [4.78, 5) is 17.1. The maximum Gasteiger partial charge on any atom is 0.253 e. The first-order valence-corrected chi connectivity index (χ1v) is 10.2. The minimum Gasteiger partial charge on any atom is -0.272 e. The summed E-state index contributed by atoms with van der Waals surface area (Å²) in [5.74, 6) is -0.0795. The topological polar surface area (TPSA) is 54.4 Å². The van der Waals surface area contributed by atoms with Crippen molar-refractivity contribution in [3.63, 3.8) is 0 Å². The third-order valence-corrected chi connectivity index (χ3v) is 6.33. The largest absolute Gasteiger partial charge is 0.272 e. The zero-order valence-corrected chi connectivity index (χ0v) is 16.4. The fourth-order valence-corrected chi connectivity index (χ4v) is 4.73. The molecule has 0 aliphatic carbocycles. The lowest BCUT2D eigenvalue weighted by Gasteiger charge is -2.11. The van der Waals surface area contributed by atoms with Gasteiger partial charge in [0, 0.05) is 12.1 Å². The maximum atomic E-state index is 12.5. The normalized spacial score (nSPS) is 12.9. The summed E-state index contributed by atoms with van der Waals surface area (Å²) in [6, 6.07) is 18.1. The van der Waals surface area contributed by atoms with E-state index in [9.17, 15) is 4.79 Å². The van der Waals surface area contributed by atoms with E-state index in [1.807, 2.05) is 50.2 Å². The summed E-state index contributed by atoms with van der Waals surface area (Å²) in [5, 5.41) is 4.05. The van der Waals surface area contributed by atoms with Crippen LogP contribution in [0.2, 0.25) is 0 Å². The molecule has 0 saturated carbocycles. The van der Waals surface area contributed by atoms with Gasteiger partial charge in [-0.2, -0.15) is 5.10 Å². The molecular formula is C20H21N3OS2. The van der Waals surface area contributed by atoms with Crippen LogP contribution in [0.15, 0.2) is 64.0 Å². The number of para-hydroxylation sites is 1. The van der Waals surface area contributed by atoms with E-state index in [2.05, 4.69) is 33.7 Å². The van der Waals surface area contributed by atoms with Crippen LogP contribution in [0, 0.1) is 0 Å². The average Bonchev–Trinajstić information content (AvgIpc) is 3.07. The number of hydrazone groups is 1. The van der Waals surface area contributed by atoms with Crippen LogP contribution in [0.1, 0.15) is 25.8 Å². The molecule has 2 aromatic carbocycles. The van der Waals surface area contributed by atoms with E-state index in [0.29, 0.717) is 0 Å². The second kappa shape index (κ2) is 8.96. The molecule has 26 heavy (non-hydrogen) atoms. The standard InChI is InChI=1S/C20H21N3OS2/c1-3-17(25-20-21-16-11-7-8-12-18(16)26-20)19(24)23-22-14(2)13-15-9-5-4-6-10-15/h4-12,17H,3,13H2,1-2H3,(H,23,24)/b22-14-. The summed E-state index contributed by atoms with van der Waals surface area (Å²) in [5.41, 5.74) is 5.75. The third-order valence-electron chi connectivity index (χ3n) is 3.84. The zero-order chi connectivity index (χ0) is 18.4. The number of carbonyl (C=O) groups is 1. The van der Waals surface area contributed by atoms with Gasteiger partial charge in [-0.15, -0.1) is 11.3 Å². The van der Waals surface area contributed by atoms with Crippen molar-refractivity contribution in [2.45, 2.75) is 36.3 Å². The molecule has 0 spiro atoms. The molecule has 0 radical (unpaired) electrons. The molecule has 134 valence electrons. The number of rotatable bonds is 7. The van der Waals surface area contributed by atoms with Crippen LogP contribution >= 0.6 is 23.1 Å². The smallest absolute Gasteiger partial charge is 0.253 e. The van der Waals surface area contributed by atoms with Gasteiger partial charge < -0.3 is 0 Å². The first kappa shape index (κ1) is 18.6. The number of aromatic nitrogens is 1. The van der Waals surface area contributed by atoms with Crippen molar-refractivity contribution in [1.29, 1.82) is 0 Å². The van der Waals surface area contributed by atoms with Crippen molar-refractivity contribution in [3.8, 4) is 0 Å². The molecule has 0 aliphatic rings. The number of thiazole rings is 1. The van der Waals surface area contributed by atoms with Crippen molar-refractivity contribution >= 4 is 44.9 Å². The number of carbonyl (C=O) groups excluding carboxylic acids is 1. The van der Waals surface area contributed by atoms with Crippen LogP contribution in [0.5, 0.6) is 0 Å². The number of thioether (sulfide) groups is 1. The van der Waals surface area contributed by atoms with Crippen LogP contribution in [0.25, 0.3) is 10.2 Å². The van der Waals surface area contributed by atoms with Gasteiger partial charge in [-0.25, -0.2) is 10.4 Å². The lowest BCUT2D eigenvalue weighted by molar-refractivity contribution is -0.120. The van der Waals surface area contributed by atoms with Crippen molar-refractivity contribution in [2.24, 2.45) is 5.10 Å². The van der Waals surface area contributed by atoms with Crippen molar-refractivity contribution in [1.82, 2.24) is 10.4 Å². The first-order chi connectivity index (χ1) is 12.7. The highest BCUT2D eigenvalue weighted by molar-refractivity contribution is 8.02. The molecular weight excluding hydrogens is 362 g/mol. The Kier molecular flexibility index (Phi) is 6.41. The Morgan fingerprint density at radius 1 is 1.19 bits per heavy atom. The minimum atomic E-state index is -0.205.